The van der Waals surface area contributed by atoms with E-state index >= 15 is 0 Å². The molecule has 0 saturated heterocycles. The van der Waals surface area contributed by atoms with Crippen LogP contribution >= 0.6 is 12.4 Å². The van der Waals surface area contributed by atoms with Gasteiger partial charge in [-0.1, -0.05) is 32.1 Å². The molecule has 2 aliphatic carbocycles. The fourth-order valence-corrected chi connectivity index (χ4v) is 2.81. The van der Waals surface area contributed by atoms with Gasteiger partial charge in [-0.3, -0.25) is 4.79 Å². The first-order valence-electron chi connectivity index (χ1n) is 6.31. The Morgan fingerprint density at radius 1 is 1.06 bits per heavy atom. The van der Waals surface area contributed by atoms with Crippen LogP contribution in [-0.2, 0) is 4.79 Å². The number of carbonyl (C=O) groups excluding carboxylic acids is 1. The van der Waals surface area contributed by atoms with E-state index in [1.165, 1.54) is 19.3 Å². The van der Waals surface area contributed by atoms with Crippen molar-refractivity contribution in [1.29, 1.82) is 0 Å². The van der Waals surface area contributed by atoms with E-state index in [-0.39, 0.29) is 18.3 Å². The molecule has 2 aliphatic rings. The molecule has 0 bridgehead atoms. The van der Waals surface area contributed by atoms with Crippen LogP contribution < -0.4 is 11.1 Å². The van der Waals surface area contributed by atoms with Crippen molar-refractivity contribution in [2.24, 2.45) is 5.73 Å². The average molecular weight is 247 g/mol. The lowest BCUT2D eigenvalue weighted by molar-refractivity contribution is -0.127. The summed E-state index contributed by atoms with van der Waals surface area (Å²) in [6.45, 7) is 0. The van der Waals surface area contributed by atoms with Gasteiger partial charge in [0.2, 0.25) is 5.91 Å². The summed E-state index contributed by atoms with van der Waals surface area (Å²) in [4.78, 5) is 12.0. The van der Waals surface area contributed by atoms with Crippen LogP contribution in [0.5, 0.6) is 0 Å². The first-order valence-corrected chi connectivity index (χ1v) is 6.31. The number of nitrogens with two attached hydrogens (primary N) is 1. The number of halogens is 1. The molecule has 0 aromatic carbocycles. The molecular formula is C12H23ClN2O. The van der Waals surface area contributed by atoms with E-state index in [2.05, 4.69) is 5.32 Å². The third kappa shape index (κ3) is 3.11. The van der Waals surface area contributed by atoms with E-state index in [1.807, 2.05) is 0 Å². The van der Waals surface area contributed by atoms with E-state index in [4.69, 9.17) is 5.73 Å². The molecule has 2 saturated carbocycles. The molecule has 3 nitrogen and oxygen atoms in total. The second-order valence-corrected chi connectivity index (χ2v) is 5.17. The molecule has 3 N–H and O–H groups in total. The van der Waals surface area contributed by atoms with Crippen LogP contribution in [0.1, 0.15) is 57.8 Å². The molecule has 0 atom stereocenters. The topological polar surface area (TPSA) is 55.1 Å². The number of rotatable bonds is 2. The lowest BCUT2D eigenvalue weighted by atomic mass is 9.93. The monoisotopic (exact) mass is 246 g/mol. The van der Waals surface area contributed by atoms with Gasteiger partial charge in [-0.05, 0) is 25.7 Å². The number of amides is 1. The standard InChI is InChI=1S/C12H22N2O.ClH/c13-12(8-4-5-9-12)11(15)14-10-6-2-1-3-7-10;/h10H,1-9,13H2,(H,14,15);1H. The molecular weight excluding hydrogens is 224 g/mol. The summed E-state index contributed by atoms with van der Waals surface area (Å²) < 4.78 is 0. The lowest BCUT2D eigenvalue weighted by Gasteiger charge is -2.28. The Morgan fingerprint density at radius 2 is 1.62 bits per heavy atom. The summed E-state index contributed by atoms with van der Waals surface area (Å²) in [7, 11) is 0. The predicted octanol–water partition coefficient (Wildman–Crippen LogP) is 2.13. The third-order valence-corrected chi connectivity index (χ3v) is 3.89. The van der Waals surface area contributed by atoms with Gasteiger partial charge in [0, 0.05) is 6.04 Å². The van der Waals surface area contributed by atoms with Crippen molar-refractivity contribution in [1.82, 2.24) is 5.32 Å². The Labute approximate surface area is 104 Å². The van der Waals surface area contributed by atoms with Gasteiger partial charge in [-0.2, -0.15) is 0 Å². The Balaban J connectivity index is 0.00000128. The number of hydrogen-bond donors (Lipinski definition) is 2. The first kappa shape index (κ1) is 13.8. The molecule has 0 unspecified atom stereocenters. The van der Waals surface area contributed by atoms with Gasteiger partial charge in [-0.15, -0.1) is 12.4 Å². The Bertz CT molecular complexity index is 233. The van der Waals surface area contributed by atoms with Crippen LogP contribution in [0.15, 0.2) is 0 Å². The second kappa shape index (κ2) is 5.87. The normalized spacial score (nSPS) is 24.8. The van der Waals surface area contributed by atoms with Crippen molar-refractivity contribution < 1.29 is 4.79 Å². The van der Waals surface area contributed by atoms with Gasteiger partial charge in [0.05, 0.1) is 5.54 Å². The van der Waals surface area contributed by atoms with Crippen molar-refractivity contribution >= 4 is 18.3 Å². The average Bonchev–Trinajstić information content (AvgIpc) is 2.68. The van der Waals surface area contributed by atoms with Crippen LogP contribution in [-0.4, -0.2) is 17.5 Å². The van der Waals surface area contributed by atoms with Crippen LogP contribution in [0.4, 0.5) is 0 Å². The molecule has 16 heavy (non-hydrogen) atoms. The predicted molar refractivity (Wildman–Crippen MR) is 67.7 cm³/mol. The second-order valence-electron chi connectivity index (χ2n) is 5.17. The minimum atomic E-state index is -0.544. The number of hydrogen-bond acceptors (Lipinski definition) is 2. The van der Waals surface area contributed by atoms with Gasteiger partial charge in [0.15, 0.2) is 0 Å². The van der Waals surface area contributed by atoms with Crippen molar-refractivity contribution in [2.45, 2.75) is 69.4 Å². The first-order chi connectivity index (χ1) is 7.21. The largest absolute Gasteiger partial charge is 0.352 e. The zero-order chi connectivity index (χ0) is 10.7. The van der Waals surface area contributed by atoms with E-state index in [0.717, 1.165) is 38.5 Å². The highest BCUT2D eigenvalue weighted by molar-refractivity contribution is 5.86. The molecule has 2 rings (SSSR count). The molecule has 4 heteroatoms. The quantitative estimate of drug-likeness (QED) is 0.784. The SMILES string of the molecule is Cl.NC1(C(=O)NC2CCCCC2)CCCC1. The number of nitrogens with one attached hydrogen (secondary N) is 1. The summed E-state index contributed by atoms with van der Waals surface area (Å²) in [5.41, 5.74) is 5.56. The van der Waals surface area contributed by atoms with Gasteiger partial charge in [-0.25, -0.2) is 0 Å². The Morgan fingerprint density at radius 3 is 2.19 bits per heavy atom. The molecule has 94 valence electrons. The van der Waals surface area contributed by atoms with Crippen LogP contribution in [0.25, 0.3) is 0 Å². The van der Waals surface area contributed by atoms with Crippen molar-refractivity contribution in [3.05, 3.63) is 0 Å². The van der Waals surface area contributed by atoms with Gasteiger partial charge in [0.1, 0.15) is 0 Å². The summed E-state index contributed by atoms with van der Waals surface area (Å²) in [5, 5.41) is 3.14. The highest BCUT2D eigenvalue weighted by Crippen LogP contribution is 2.28. The van der Waals surface area contributed by atoms with Crippen molar-refractivity contribution in [3.63, 3.8) is 0 Å². The van der Waals surface area contributed by atoms with Gasteiger partial charge >= 0.3 is 0 Å². The smallest absolute Gasteiger partial charge is 0.240 e. The fourth-order valence-electron chi connectivity index (χ4n) is 2.81. The summed E-state index contributed by atoms with van der Waals surface area (Å²) in [6, 6.07) is 0.396. The van der Waals surface area contributed by atoms with E-state index in [9.17, 15) is 4.79 Å². The number of carbonyl (C=O) groups is 1. The summed E-state index contributed by atoms with van der Waals surface area (Å²) in [5.74, 6) is 0.104. The van der Waals surface area contributed by atoms with Crippen molar-refractivity contribution in [3.8, 4) is 0 Å². The van der Waals surface area contributed by atoms with Gasteiger partial charge in [0.25, 0.3) is 0 Å². The van der Waals surface area contributed by atoms with E-state index in [0.29, 0.717) is 6.04 Å². The molecule has 0 heterocycles. The summed E-state index contributed by atoms with van der Waals surface area (Å²) in [6.07, 6.45) is 10.1. The van der Waals surface area contributed by atoms with E-state index in [1.54, 1.807) is 0 Å². The maximum absolute atomic E-state index is 12.0. The molecule has 0 radical (unpaired) electrons. The van der Waals surface area contributed by atoms with Crippen LogP contribution in [0.3, 0.4) is 0 Å². The minimum Gasteiger partial charge on any atom is -0.352 e. The Kier molecular flexibility index (Phi) is 5.06. The fraction of sp³-hybridized carbons (Fsp3) is 0.917. The zero-order valence-corrected chi connectivity index (χ0v) is 10.7. The van der Waals surface area contributed by atoms with Crippen molar-refractivity contribution in [2.75, 3.05) is 0 Å². The molecule has 0 spiro atoms. The van der Waals surface area contributed by atoms with Crippen LogP contribution in [0, 0.1) is 0 Å². The maximum atomic E-state index is 12.0. The maximum Gasteiger partial charge on any atom is 0.240 e. The highest BCUT2D eigenvalue weighted by Gasteiger charge is 2.37. The highest BCUT2D eigenvalue weighted by atomic mass is 35.5. The van der Waals surface area contributed by atoms with E-state index < -0.39 is 5.54 Å². The lowest BCUT2D eigenvalue weighted by Crippen LogP contribution is -2.54. The van der Waals surface area contributed by atoms with Crippen LogP contribution in [0.2, 0.25) is 0 Å². The third-order valence-electron chi connectivity index (χ3n) is 3.89. The molecule has 2 fully saturated rings. The Hall–Kier alpha value is -0.280. The van der Waals surface area contributed by atoms with Gasteiger partial charge < -0.3 is 11.1 Å². The molecule has 0 aliphatic heterocycles. The molecule has 0 aromatic heterocycles. The summed E-state index contributed by atoms with van der Waals surface area (Å²) >= 11 is 0. The minimum absolute atomic E-state index is 0. The molecule has 0 aromatic rings. The zero-order valence-electron chi connectivity index (χ0n) is 9.84. The molecule has 1 amide bonds.